The fraction of sp³-hybridized carbons (Fsp3) is 0.278. The highest BCUT2D eigenvalue weighted by Gasteiger charge is 2.11. The average molecular weight is 347 g/mol. The lowest BCUT2D eigenvalue weighted by molar-refractivity contribution is 0.288. The van der Waals surface area contributed by atoms with E-state index in [1.165, 1.54) is 6.21 Å². The van der Waals surface area contributed by atoms with Gasteiger partial charge in [0.1, 0.15) is 0 Å². The normalized spacial score (nSPS) is 11.6. The lowest BCUT2D eigenvalue weighted by Gasteiger charge is -2.11. The molecule has 0 saturated carbocycles. The molecule has 0 unspecified atom stereocenters. The fourth-order valence-electron chi connectivity index (χ4n) is 2.05. The second kappa shape index (κ2) is 7.97. The standard InChI is InChI=1S/C18H21NO4S/c1-4-22-17-11-8-15(12-18(17)23-5-2)13-19-24(20,21)16-9-6-14(3)7-10-16/h6-13H,4-5H2,1-3H3/b19-13-. The van der Waals surface area contributed by atoms with E-state index < -0.39 is 10.0 Å². The summed E-state index contributed by atoms with van der Waals surface area (Å²) >= 11 is 0. The van der Waals surface area contributed by atoms with E-state index in [1.54, 1.807) is 42.5 Å². The summed E-state index contributed by atoms with van der Waals surface area (Å²) in [6.07, 6.45) is 1.31. The van der Waals surface area contributed by atoms with Gasteiger partial charge < -0.3 is 9.47 Å². The number of nitrogens with zero attached hydrogens (tertiary/aromatic N) is 1. The van der Waals surface area contributed by atoms with E-state index in [-0.39, 0.29) is 4.90 Å². The molecule has 0 heterocycles. The van der Waals surface area contributed by atoms with E-state index in [4.69, 9.17) is 9.47 Å². The molecule has 2 aromatic carbocycles. The van der Waals surface area contributed by atoms with Gasteiger partial charge >= 0.3 is 0 Å². The van der Waals surface area contributed by atoms with Crippen molar-refractivity contribution < 1.29 is 17.9 Å². The molecule has 5 nitrogen and oxygen atoms in total. The van der Waals surface area contributed by atoms with Crippen molar-refractivity contribution in [1.29, 1.82) is 0 Å². The first-order chi connectivity index (χ1) is 11.5. The molecule has 0 radical (unpaired) electrons. The molecule has 128 valence electrons. The van der Waals surface area contributed by atoms with Crippen LogP contribution in [-0.4, -0.2) is 27.8 Å². The number of hydrogen-bond acceptors (Lipinski definition) is 4. The Balaban J connectivity index is 2.27. The molecule has 2 aromatic rings. The summed E-state index contributed by atoms with van der Waals surface area (Å²) in [5, 5.41) is 0. The van der Waals surface area contributed by atoms with Crippen molar-refractivity contribution >= 4 is 16.2 Å². The summed E-state index contributed by atoms with van der Waals surface area (Å²) in [6, 6.07) is 11.8. The van der Waals surface area contributed by atoms with Crippen molar-refractivity contribution in [1.82, 2.24) is 0 Å². The first-order valence-corrected chi connectivity index (χ1v) is 9.17. The first kappa shape index (κ1) is 18.0. The van der Waals surface area contributed by atoms with Gasteiger partial charge in [0.25, 0.3) is 10.0 Å². The summed E-state index contributed by atoms with van der Waals surface area (Å²) in [5.41, 5.74) is 1.61. The van der Waals surface area contributed by atoms with E-state index in [0.29, 0.717) is 30.3 Å². The van der Waals surface area contributed by atoms with Gasteiger partial charge in [-0.15, -0.1) is 0 Å². The van der Waals surface area contributed by atoms with Crippen LogP contribution in [0.25, 0.3) is 0 Å². The van der Waals surface area contributed by atoms with Crippen LogP contribution in [0.4, 0.5) is 0 Å². The molecule has 0 aliphatic carbocycles. The Morgan fingerprint density at radius 2 is 1.58 bits per heavy atom. The quantitative estimate of drug-likeness (QED) is 0.718. The van der Waals surface area contributed by atoms with Crippen molar-refractivity contribution in [3.63, 3.8) is 0 Å². The largest absolute Gasteiger partial charge is 0.490 e. The van der Waals surface area contributed by atoms with Gasteiger partial charge in [0.05, 0.1) is 18.1 Å². The molecular weight excluding hydrogens is 326 g/mol. The molecule has 6 heteroatoms. The number of sulfonamides is 1. The maximum Gasteiger partial charge on any atom is 0.282 e. The van der Waals surface area contributed by atoms with Crippen molar-refractivity contribution in [2.75, 3.05) is 13.2 Å². The Bertz CT molecular complexity index is 811. The van der Waals surface area contributed by atoms with Crippen LogP contribution in [0, 0.1) is 6.92 Å². The SMILES string of the molecule is CCOc1ccc(/C=N\S(=O)(=O)c2ccc(C)cc2)cc1OCC. The molecule has 0 aliphatic rings. The Morgan fingerprint density at radius 3 is 2.21 bits per heavy atom. The van der Waals surface area contributed by atoms with Gasteiger partial charge in [0.15, 0.2) is 11.5 Å². The zero-order valence-electron chi connectivity index (χ0n) is 14.0. The summed E-state index contributed by atoms with van der Waals surface area (Å²) in [6.45, 7) is 6.67. The maximum atomic E-state index is 12.2. The predicted octanol–water partition coefficient (Wildman–Crippen LogP) is 3.60. The minimum Gasteiger partial charge on any atom is -0.490 e. The van der Waals surface area contributed by atoms with Gasteiger partial charge in [-0.3, -0.25) is 0 Å². The number of ether oxygens (including phenoxy) is 2. The van der Waals surface area contributed by atoms with E-state index in [0.717, 1.165) is 5.56 Å². The number of hydrogen-bond donors (Lipinski definition) is 0. The van der Waals surface area contributed by atoms with Gasteiger partial charge in [-0.2, -0.15) is 12.8 Å². The topological polar surface area (TPSA) is 65.0 Å². The molecule has 0 saturated heterocycles. The number of aryl methyl sites for hydroxylation is 1. The third kappa shape index (κ3) is 4.58. The highest BCUT2D eigenvalue weighted by Crippen LogP contribution is 2.28. The third-order valence-corrected chi connectivity index (χ3v) is 4.48. The van der Waals surface area contributed by atoms with Crippen LogP contribution in [0.15, 0.2) is 51.8 Å². The Labute approximate surface area is 143 Å². The minimum absolute atomic E-state index is 0.167. The first-order valence-electron chi connectivity index (χ1n) is 7.73. The van der Waals surface area contributed by atoms with Crippen LogP contribution in [0.2, 0.25) is 0 Å². The minimum atomic E-state index is -3.72. The average Bonchev–Trinajstić information content (AvgIpc) is 2.56. The predicted molar refractivity (Wildman–Crippen MR) is 94.7 cm³/mol. The van der Waals surface area contributed by atoms with E-state index in [2.05, 4.69) is 4.40 Å². The second-order valence-corrected chi connectivity index (χ2v) is 6.73. The smallest absolute Gasteiger partial charge is 0.282 e. The van der Waals surface area contributed by atoms with Crippen molar-refractivity contribution in [3.05, 3.63) is 53.6 Å². The molecule has 0 spiro atoms. The lowest BCUT2D eigenvalue weighted by Crippen LogP contribution is -2.00. The zero-order valence-corrected chi connectivity index (χ0v) is 14.8. The molecule has 0 atom stereocenters. The molecule has 0 aliphatic heterocycles. The van der Waals surface area contributed by atoms with Crippen LogP contribution in [-0.2, 0) is 10.0 Å². The van der Waals surface area contributed by atoms with Crippen molar-refractivity contribution in [2.24, 2.45) is 4.40 Å². The van der Waals surface area contributed by atoms with Crippen LogP contribution in [0.5, 0.6) is 11.5 Å². The summed E-state index contributed by atoms with van der Waals surface area (Å²) in [7, 11) is -3.72. The zero-order chi connectivity index (χ0) is 17.6. The van der Waals surface area contributed by atoms with E-state index in [9.17, 15) is 8.42 Å². The van der Waals surface area contributed by atoms with E-state index in [1.807, 2.05) is 20.8 Å². The summed E-state index contributed by atoms with van der Waals surface area (Å²) in [4.78, 5) is 0.167. The molecular formula is C18H21NO4S. The Kier molecular flexibility index (Phi) is 5.98. The third-order valence-electron chi connectivity index (χ3n) is 3.23. The van der Waals surface area contributed by atoms with E-state index >= 15 is 0 Å². The molecule has 0 aromatic heterocycles. The van der Waals surface area contributed by atoms with Crippen LogP contribution >= 0.6 is 0 Å². The van der Waals surface area contributed by atoms with Crippen LogP contribution in [0.1, 0.15) is 25.0 Å². The molecule has 0 bridgehead atoms. The maximum absolute atomic E-state index is 12.2. The van der Waals surface area contributed by atoms with Crippen molar-refractivity contribution in [3.8, 4) is 11.5 Å². The van der Waals surface area contributed by atoms with Gasteiger partial charge in [-0.1, -0.05) is 17.7 Å². The number of rotatable bonds is 7. The van der Waals surface area contributed by atoms with Crippen molar-refractivity contribution in [2.45, 2.75) is 25.7 Å². The Hall–Kier alpha value is -2.34. The van der Waals surface area contributed by atoms with Crippen LogP contribution in [0.3, 0.4) is 0 Å². The van der Waals surface area contributed by atoms with Gasteiger partial charge in [0.2, 0.25) is 0 Å². The lowest BCUT2D eigenvalue weighted by atomic mass is 10.2. The van der Waals surface area contributed by atoms with Gasteiger partial charge in [-0.05, 0) is 56.7 Å². The monoisotopic (exact) mass is 347 g/mol. The summed E-state index contributed by atoms with van der Waals surface area (Å²) in [5.74, 6) is 1.19. The van der Waals surface area contributed by atoms with Gasteiger partial charge in [0, 0.05) is 6.21 Å². The molecule has 24 heavy (non-hydrogen) atoms. The van der Waals surface area contributed by atoms with Crippen LogP contribution < -0.4 is 9.47 Å². The second-order valence-electron chi connectivity index (χ2n) is 5.09. The molecule has 0 amide bonds. The molecule has 2 rings (SSSR count). The molecule has 0 fully saturated rings. The van der Waals surface area contributed by atoms with Gasteiger partial charge in [-0.25, -0.2) is 0 Å². The number of benzene rings is 2. The Morgan fingerprint density at radius 1 is 0.958 bits per heavy atom. The highest BCUT2D eigenvalue weighted by molar-refractivity contribution is 7.90. The summed E-state index contributed by atoms with van der Waals surface area (Å²) < 4.78 is 39.2. The fourth-order valence-corrected chi connectivity index (χ4v) is 2.91. The molecule has 0 N–H and O–H groups in total. The highest BCUT2D eigenvalue weighted by atomic mass is 32.2.